The van der Waals surface area contributed by atoms with E-state index < -0.39 is 0 Å². The molecule has 0 saturated heterocycles. The molecule has 0 fully saturated rings. The number of hydrogen-bond acceptors (Lipinski definition) is 3. The second-order valence-corrected chi connectivity index (χ2v) is 5.28. The Hall–Kier alpha value is -2.49. The van der Waals surface area contributed by atoms with E-state index in [1.165, 1.54) is 0 Å². The molecule has 4 heteroatoms. The molecule has 1 heterocycles. The van der Waals surface area contributed by atoms with Crippen LogP contribution < -0.4 is 15.8 Å². The van der Waals surface area contributed by atoms with Crippen molar-refractivity contribution in [2.24, 2.45) is 0 Å². The number of ether oxygens (including phenoxy) is 1. The number of rotatable bonds is 3. The number of benzene rings is 2. The highest BCUT2D eigenvalue weighted by Crippen LogP contribution is 2.26. The summed E-state index contributed by atoms with van der Waals surface area (Å²) in [5.74, 6) is 0.812. The van der Waals surface area contributed by atoms with Gasteiger partial charge in [-0.15, -0.1) is 0 Å². The van der Waals surface area contributed by atoms with Gasteiger partial charge in [-0.3, -0.25) is 4.79 Å². The van der Waals surface area contributed by atoms with Gasteiger partial charge in [0.25, 0.3) is 5.91 Å². The Labute approximate surface area is 123 Å². The van der Waals surface area contributed by atoms with Crippen molar-refractivity contribution >= 4 is 11.6 Å². The molecule has 1 amide bonds. The Balaban J connectivity index is 1.72. The second kappa shape index (κ2) is 5.48. The van der Waals surface area contributed by atoms with Crippen molar-refractivity contribution in [3.63, 3.8) is 0 Å². The molecule has 0 saturated carbocycles. The summed E-state index contributed by atoms with van der Waals surface area (Å²) in [6.07, 6.45) is 0.865. The van der Waals surface area contributed by atoms with E-state index in [0.717, 1.165) is 29.0 Å². The predicted octanol–water partition coefficient (Wildman–Crippen LogP) is 2.69. The summed E-state index contributed by atoms with van der Waals surface area (Å²) >= 11 is 0. The van der Waals surface area contributed by atoms with E-state index in [1.807, 2.05) is 43.3 Å². The van der Waals surface area contributed by atoms with Crippen molar-refractivity contribution in [1.82, 2.24) is 5.32 Å². The van der Waals surface area contributed by atoms with E-state index in [1.54, 1.807) is 6.07 Å². The third-order valence-electron chi connectivity index (χ3n) is 3.74. The summed E-state index contributed by atoms with van der Waals surface area (Å²) in [6, 6.07) is 13.0. The van der Waals surface area contributed by atoms with Gasteiger partial charge in [0.15, 0.2) is 0 Å². The lowest BCUT2D eigenvalue weighted by atomic mass is 10.1. The molecule has 3 rings (SSSR count). The number of carbonyl (C=O) groups is 1. The maximum Gasteiger partial charge on any atom is 0.251 e. The van der Waals surface area contributed by atoms with Crippen LogP contribution in [0.2, 0.25) is 0 Å². The van der Waals surface area contributed by atoms with Crippen molar-refractivity contribution in [3.8, 4) is 5.75 Å². The molecular weight excluding hydrogens is 264 g/mol. The van der Waals surface area contributed by atoms with Crippen molar-refractivity contribution in [2.45, 2.75) is 19.4 Å². The van der Waals surface area contributed by atoms with Gasteiger partial charge >= 0.3 is 0 Å². The minimum Gasteiger partial charge on any atom is -0.493 e. The number of carbonyl (C=O) groups excluding carboxylic acids is 1. The molecule has 1 atom stereocenters. The fourth-order valence-electron chi connectivity index (χ4n) is 2.48. The Morgan fingerprint density at radius 1 is 1.24 bits per heavy atom. The van der Waals surface area contributed by atoms with Crippen molar-refractivity contribution < 1.29 is 9.53 Å². The van der Waals surface area contributed by atoms with Crippen LogP contribution in [-0.2, 0) is 6.42 Å². The van der Waals surface area contributed by atoms with Gasteiger partial charge in [-0.2, -0.15) is 0 Å². The van der Waals surface area contributed by atoms with E-state index >= 15 is 0 Å². The van der Waals surface area contributed by atoms with Crippen LogP contribution in [-0.4, -0.2) is 12.5 Å². The fourth-order valence-corrected chi connectivity index (χ4v) is 2.48. The van der Waals surface area contributed by atoms with Gasteiger partial charge < -0.3 is 15.8 Å². The SMILES string of the molecule is CC(NC(=O)c1ccc2c(c1)CCO2)c1ccc(N)cc1. The number of fused-ring (bicyclic) bond motifs is 1. The second-order valence-electron chi connectivity index (χ2n) is 5.28. The Bertz CT molecular complexity index is 665. The molecule has 21 heavy (non-hydrogen) atoms. The molecule has 1 unspecified atom stereocenters. The molecule has 1 aliphatic rings. The highest BCUT2D eigenvalue weighted by molar-refractivity contribution is 5.94. The highest BCUT2D eigenvalue weighted by atomic mass is 16.5. The minimum atomic E-state index is -0.0750. The molecule has 0 aromatic heterocycles. The van der Waals surface area contributed by atoms with Gasteiger partial charge in [0.05, 0.1) is 12.6 Å². The number of nitrogens with two attached hydrogens (primary N) is 1. The lowest BCUT2D eigenvalue weighted by Crippen LogP contribution is -2.26. The quantitative estimate of drug-likeness (QED) is 0.851. The summed E-state index contributed by atoms with van der Waals surface area (Å²) in [4.78, 5) is 12.3. The van der Waals surface area contributed by atoms with E-state index in [-0.39, 0.29) is 11.9 Å². The van der Waals surface area contributed by atoms with Crippen LogP contribution in [0.3, 0.4) is 0 Å². The third kappa shape index (κ3) is 2.84. The molecule has 2 aromatic rings. The predicted molar refractivity (Wildman–Crippen MR) is 82.4 cm³/mol. The number of anilines is 1. The zero-order valence-corrected chi connectivity index (χ0v) is 11.9. The summed E-state index contributed by atoms with van der Waals surface area (Å²) in [6.45, 7) is 2.65. The van der Waals surface area contributed by atoms with Crippen LogP contribution in [0, 0.1) is 0 Å². The van der Waals surface area contributed by atoms with E-state index in [0.29, 0.717) is 12.2 Å². The van der Waals surface area contributed by atoms with Crippen LogP contribution >= 0.6 is 0 Å². The number of nitrogens with one attached hydrogen (secondary N) is 1. The summed E-state index contributed by atoms with van der Waals surface area (Å²) in [5, 5.41) is 3.00. The average molecular weight is 282 g/mol. The van der Waals surface area contributed by atoms with Crippen LogP contribution in [0.4, 0.5) is 5.69 Å². The lowest BCUT2D eigenvalue weighted by molar-refractivity contribution is 0.0940. The highest BCUT2D eigenvalue weighted by Gasteiger charge is 2.16. The van der Waals surface area contributed by atoms with E-state index in [4.69, 9.17) is 10.5 Å². The van der Waals surface area contributed by atoms with Gasteiger partial charge in [0.2, 0.25) is 0 Å². The number of nitrogen functional groups attached to an aromatic ring is 1. The lowest BCUT2D eigenvalue weighted by Gasteiger charge is -2.15. The standard InChI is InChI=1S/C17H18N2O2/c1-11(12-2-5-15(18)6-3-12)19-17(20)14-4-7-16-13(10-14)8-9-21-16/h2-7,10-11H,8-9,18H2,1H3,(H,19,20). The maximum absolute atomic E-state index is 12.3. The summed E-state index contributed by atoms with van der Waals surface area (Å²) < 4.78 is 5.45. The van der Waals surface area contributed by atoms with E-state index in [2.05, 4.69) is 5.32 Å². The Morgan fingerprint density at radius 3 is 2.76 bits per heavy atom. The van der Waals surface area contributed by atoms with E-state index in [9.17, 15) is 4.79 Å². The largest absolute Gasteiger partial charge is 0.493 e. The first-order valence-electron chi connectivity index (χ1n) is 7.05. The molecule has 0 bridgehead atoms. The molecule has 0 spiro atoms. The summed E-state index contributed by atoms with van der Waals surface area (Å²) in [5.41, 5.74) is 9.19. The molecule has 1 aliphatic heterocycles. The third-order valence-corrected chi connectivity index (χ3v) is 3.74. The maximum atomic E-state index is 12.3. The van der Waals surface area contributed by atoms with Crippen LogP contribution in [0.15, 0.2) is 42.5 Å². The monoisotopic (exact) mass is 282 g/mol. The summed E-state index contributed by atoms with van der Waals surface area (Å²) in [7, 11) is 0. The number of hydrogen-bond donors (Lipinski definition) is 2. The first kappa shape index (κ1) is 13.5. The molecule has 108 valence electrons. The normalized spacial score (nSPS) is 14.1. The van der Waals surface area contributed by atoms with Crippen molar-refractivity contribution in [2.75, 3.05) is 12.3 Å². The van der Waals surface area contributed by atoms with Gasteiger partial charge in [-0.25, -0.2) is 0 Å². The first-order chi connectivity index (χ1) is 10.1. The average Bonchev–Trinajstić information content (AvgIpc) is 2.95. The van der Waals surface area contributed by atoms with Gasteiger partial charge in [-0.05, 0) is 48.4 Å². The van der Waals surface area contributed by atoms with Gasteiger partial charge in [0, 0.05) is 17.7 Å². The van der Waals surface area contributed by atoms with Gasteiger partial charge in [0.1, 0.15) is 5.75 Å². The smallest absolute Gasteiger partial charge is 0.251 e. The van der Waals surface area contributed by atoms with Crippen LogP contribution in [0.5, 0.6) is 5.75 Å². The Morgan fingerprint density at radius 2 is 2.00 bits per heavy atom. The van der Waals surface area contributed by atoms with Crippen LogP contribution in [0.1, 0.15) is 34.5 Å². The van der Waals surface area contributed by atoms with Crippen molar-refractivity contribution in [1.29, 1.82) is 0 Å². The van der Waals surface area contributed by atoms with Gasteiger partial charge in [-0.1, -0.05) is 12.1 Å². The first-order valence-corrected chi connectivity index (χ1v) is 7.05. The molecule has 2 aromatic carbocycles. The molecule has 3 N–H and O–H groups in total. The molecular formula is C17H18N2O2. The zero-order valence-electron chi connectivity index (χ0n) is 11.9. The molecule has 4 nitrogen and oxygen atoms in total. The van der Waals surface area contributed by atoms with Crippen LogP contribution in [0.25, 0.3) is 0 Å². The topological polar surface area (TPSA) is 64.3 Å². The fraction of sp³-hybridized carbons (Fsp3) is 0.235. The minimum absolute atomic E-state index is 0.0670. The van der Waals surface area contributed by atoms with Crippen molar-refractivity contribution in [3.05, 3.63) is 59.2 Å². The zero-order chi connectivity index (χ0) is 14.8. The Kier molecular flexibility index (Phi) is 3.52. The molecule has 0 aliphatic carbocycles. The number of amides is 1. The molecule has 0 radical (unpaired) electrons.